The van der Waals surface area contributed by atoms with Crippen LogP contribution in [0.3, 0.4) is 0 Å². The Kier molecular flexibility index (Phi) is 5.28. The second-order valence-electron chi connectivity index (χ2n) is 9.73. The second-order valence-corrected chi connectivity index (χ2v) is 11.2. The van der Waals surface area contributed by atoms with E-state index in [9.17, 15) is 9.59 Å². The van der Waals surface area contributed by atoms with Crippen LogP contribution in [-0.4, -0.2) is 46.3 Å². The summed E-state index contributed by atoms with van der Waals surface area (Å²) >= 11 is 1.95. The number of carbonyl (C=O) groups is 2. The van der Waals surface area contributed by atoms with Crippen LogP contribution in [0.15, 0.2) is 0 Å². The highest BCUT2D eigenvalue weighted by Crippen LogP contribution is 2.60. The number of rotatable bonds is 5. The Balaban J connectivity index is 1.26. The van der Waals surface area contributed by atoms with Crippen molar-refractivity contribution in [2.75, 3.05) is 18.8 Å². The first-order valence-electron chi connectivity index (χ1n) is 10.6. The number of nitrogens with zero attached hydrogens (tertiary/aromatic N) is 1. The fraction of sp³-hybridized carbons (Fsp3) is 0.905. The summed E-state index contributed by atoms with van der Waals surface area (Å²) in [6.07, 6.45) is 10.4. The summed E-state index contributed by atoms with van der Waals surface area (Å²) in [6, 6.07) is 0.135. The molecule has 2 amide bonds. The molecule has 5 heteroatoms. The summed E-state index contributed by atoms with van der Waals surface area (Å²) in [5.74, 6) is 3.83. The van der Waals surface area contributed by atoms with Crippen LogP contribution in [0.2, 0.25) is 0 Å². The molecular formula is C21H34N2O2S. The molecule has 1 aliphatic heterocycles. The fourth-order valence-electron chi connectivity index (χ4n) is 6.36. The molecule has 0 spiro atoms. The topological polar surface area (TPSA) is 49.4 Å². The third-order valence-corrected chi connectivity index (χ3v) is 8.60. The lowest BCUT2D eigenvalue weighted by Gasteiger charge is -2.56. The van der Waals surface area contributed by atoms with Gasteiger partial charge < -0.3 is 10.2 Å². The van der Waals surface area contributed by atoms with Crippen LogP contribution in [0.5, 0.6) is 0 Å². The van der Waals surface area contributed by atoms with Gasteiger partial charge in [0.25, 0.3) is 0 Å². The Morgan fingerprint density at radius 3 is 2.31 bits per heavy atom. The van der Waals surface area contributed by atoms with Crippen molar-refractivity contribution < 1.29 is 9.59 Å². The van der Waals surface area contributed by atoms with Gasteiger partial charge in [0.1, 0.15) is 0 Å². The number of nitrogens with one attached hydrogen (secondary N) is 1. The van der Waals surface area contributed by atoms with E-state index in [1.54, 1.807) is 0 Å². The van der Waals surface area contributed by atoms with Crippen LogP contribution >= 0.6 is 11.8 Å². The first-order chi connectivity index (χ1) is 12.4. The Morgan fingerprint density at radius 2 is 1.73 bits per heavy atom. The normalized spacial score (nSPS) is 38.7. The molecule has 146 valence electrons. The van der Waals surface area contributed by atoms with E-state index in [2.05, 4.69) is 5.32 Å². The summed E-state index contributed by atoms with van der Waals surface area (Å²) < 4.78 is 0.401. The Labute approximate surface area is 162 Å². The minimum absolute atomic E-state index is 0.0380. The quantitative estimate of drug-likeness (QED) is 0.797. The van der Waals surface area contributed by atoms with Gasteiger partial charge in [-0.25, -0.2) is 0 Å². The molecule has 1 atom stereocenters. The number of thioether (sulfide) groups is 1. The van der Waals surface area contributed by atoms with E-state index in [0.717, 1.165) is 37.1 Å². The maximum Gasteiger partial charge on any atom is 0.230 e. The molecule has 0 radical (unpaired) electrons. The molecule has 0 aromatic rings. The van der Waals surface area contributed by atoms with Gasteiger partial charge in [0.2, 0.25) is 11.8 Å². The molecule has 26 heavy (non-hydrogen) atoms. The molecule has 0 aromatic carbocycles. The van der Waals surface area contributed by atoms with Crippen molar-refractivity contribution in [3.05, 3.63) is 0 Å². The van der Waals surface area contributed by atoms with Crippen LogP contribution in [0, 0.1) is 23.7 Å². The number of amides is 2. The SMILES string of the molecule is CC(C)C(=O)N1CCCC(NC(=O)CSC23CC4CC(CC(C4)C2)C3)C1. The number of hydrogen-bond donors (Lipinski definition) is 1. The summed E-state index contributed by atoms with van der Waals surface area (Å²) in [5.41, 5.74) is 0. The monoisotopic (exact) mass is 378 g/mol. The highest BCUT2D eigenvalue weighted by molar-refractivity contribution is 8.01. The van der Waals surface area contributed by atoms with Gasteiger partial charge in [-0.3, -0.25) is 9.59 Å². The van der Waals surface area contributed by atoms with Crippen molar-refractivity contribution in [2.45, 2.75) is 76.0 Å². The number of carbonyl (C=O) groups excluding carboxylic acids is 2. The minimum Gasteiger partial charge on any atom is -0.351 e. The molecule has 1 saturated heterocycles. The summed E-state index contributed by atoms with van der Waals surface area (Å²) in [6.45, 7) is 5.43. The zero-order valence-corrected chi connectivity index (χ0v) is 17.2. The summed E-state index contributed by atoms with van der Waals surface area (Å²) in [7, 11) is 0. The van der Waals surface area contributed by atoms with Crippen LogP contribution < -0.4 is 5.32 Å². The van der Waals surface area contributed by atoms with Crippen molar-refractivity contribution >= 4 is 23.6 Å². The molecule has 1 heterocycles. The molecule has 5 rings (SSSR count). The summed E-state index contributed by atoms with van der Waals surface area (Å²) in [4.78, 5) is 26.7. The van der Waals surface area contributed by atoms with Gasteiger partial charge in [0.15, 0.2) is 0 Å². The van der Waals surface area contributed by atoms with Gasteiger partial charge in [-0.15, -0.1) is 11.8 Å². The van der Waals surface area contributed by atoms with Gasteiger partial charge >= 0.3 is 0 Å². The average Bonchev–Trinajstić information content (AvgIpc) is 2.58. The van der Waals surface area contributed by atoms with Gasteiger partial charge in [0, 0.05) is 29.8 Å². The van der Waals surface area contributed by atoms with Crippen LogP contribution in [0.1, 0.15) is 65.2 Å². The standard InChI is InChI=1S/C21H34N2O2S/c1-14(2)20(25)23-5-3-4-18(12-23)22-19(24)13-26-21-9-15-6-16(10-21)8-17(7-15)11-21/h14-18H,3-13H2,1-2H3,(H,22,24). The zero-order valence-electron chi connectivity index (χ0n) is 16.3. The zero-order chi connectivity index (χ0) is 18.3. The third-order valence-electron chi connectivity index (χ3n) is 7.08. The van der Waals surface area contributed by atoms with E-state index in [1.807, 2.05) is 30.5 Å². The fourth-order valence-corrected chi connectivity index (χ4v) is 7.94. The first-order valence-corrected chi connectivity index (χ1v) is 11.6. The lowest BCUT2D eigenvalue weighted by Crippen LogP contribution is -2.52. The number of likely N-dealkylation sites (tertiary alicyclic amines) is 1. The second kappa shape index (κ2) is 7.37. The van der Waals surface area contributed by atoms with Crippen molar-refractivity contribution in [2.24, 2.45) is 23.7 Å². The number of piperidine rings is 1. The predicted octanol–water partition coefficient (Wildman–Crippen LogP) is 3.45. The highest BCUT2D eigenvalue weighted by atomic mass is 32.2. The average molecular weight is 379 g/mol. The molecule has 1 unspecified atom stereocenters. The molecule has 0 aromatic heterocycles. The first kappa shape index (κ1) is 18.6. The molecule has 4 bridgehead atoms. The lowest BCUT2D eigenvalue weighted by atomic mass is 9.56. The van der Waals surface area contributed by atoms with Crippen LogP contribution in [-0.2, 0) is 9.59 Å². The minimum atomic E-state index is 0.0380. The van der Waals surface area contributed by atoms with Crippen molar-refractivity contribution in [1.29, 1.82) is 0 Å². The van der Waals surface area contributed by atoms with Crippen LogP contribution in [0.4, 0.5) is 0 Å². The van der Waals surface area contributed by atoms with E-state index in [0.29, 0.717) is 17.0 Å². The van der Waals surface area contributed by atoms with Crippen molar-refractivity contribution in [3.8, 4) is 0 Å². The Hall–Kier alpha value is -0.710. The van der Waals surface area contributed by atoms with Gasteiger partial charge in [-0.1, -0.05) is 13.8 Å². The largest absolute Gasteiger partial charge is 0.351 e. The van der Waals surface area contributed by atoms with Gasteiger partial charge in [-0.2, -0.15) is 0 Å². The molecule has 5 aliphatic rings. The molecule has 4 nitrogen and oxygen atoms in total. The predicted molar refractivity (Wildman–Crippen MR) is 106 cm³/mol. The molecular weight excluding hydrogens is 344 g/mol. The van der Waals surface area contributed by atoms with Crippen molar-refractivity contribution in [3.63, 3.8) is 0 Å². The van der Waals surface area contributed by atoms with Crippen molar-refractivity contribution in [1.82, 2.24) is 10.2 Å². The van der Waals surface area contributed by atoms with Gasteiger partial charge in [-0.05, 0) is 69.1 Å². The Bertz CT molecular complexity index is 527. The third kappa shape index (κ3) is 3.93. The molecule has 4 aliphatic carbocycles. The number of hydrogen-bond acceptors (Lipinski definition) is 3. The van der Waals surface area contributed by atoms with E-state index in [-0.39, 0.29) is 23.8 Å². The maximum absolute atomic E-state index is 12.6. The highest BCUT2D eigenvalue weighted by Gasteiger charge is 2.51. The molecule has 1 N–H and O–H groups in total. The van der Waals surface area contributed by atoms with Crippen LogP contribution in [0.25, 0.3) is 0 Å². The van der Waals surface area contributed by atoms with E-state index >= 15 is 0 Å². The lowest BCUT2D eigenvalue weighted by molar-refractivity contribution is -0.136. The van der Waals surface area contributed by atoms with E-state index in [4.69, 9.17) is 0 Å². The maximum atomic E-state index is 12.6. The van der Waals surface area contributed by atoms with E-state index in [1.165, 1.54) is 38.5 Å². The van der Waals surface area contributed by atoms with E-state index < -0.39 is 0 Å². The Morgan fingerprint density at radius 1 is 1.12 bits per heavy atom. The molecule has 4 saturated carbocycles. The summed E-state index contributed by atoms with van der Waals surface area (Å²) in [5, 5.41) is 3.22. The van der Waals surface area contributed by atoms with Gasteiger partial charge in [0.05, 0.1) is 5.75 Å². The smallest absolute Gasteiger partial charge is 0.230 e. The molecule has 5 fully saturated rings.